The molecule has 0 aliphatic carbocycles. The molecular formula is C24H24ClFN4O5. The molecule has 0 saturated heterocycles. The van der Waals surface area contributed by atoms with Gasteiger partial charge in [-0.2, -0.15) is 0 Å². The summed E-state index contributed by atoms with van der Waals surface area (Å²) >= 11 is 5.97. The van der Waals surface area contributed by atoms with E-state index in [1.54, 1.807) is 18.3 Å². The topological polar surface area (TPSA) is 121 Å². The molecule has 0 spiro atoms. The zero-order valence-electron chi connectivity index (χ0n) is 18.8. The minimum Gasteiger partial charge on any atom is -0.481 e. The van der Waals surface area contributed by atoms with Crippen LogP contribution >= 0.6 is 11.6 Å². The van der Waals surface area contributed by atoms with Gasteiger partial charge >= 0.3 is 12.1 Å². The van der Waals surface area contributed by atoms with E-state index >= 15 is 0 Å². The van der Waals surface area contributed by atoms with Crippen LogP contribution in [-0.4, -0.2) is 45.7 Å². The fourth-order valence-electron chi connectivity index (χ4n) is 3.39. The zero-order valence-corrected chi connectivity index (χ0v) is 19.6. The predicted molar refractivity (Wildman–Crippen MR) is 128 cm³/mol. The highest BCUT2D eigenvalue weighted by molar-refractivity contribution is 6.31. The van der Waals surface area contributed by atoms with Crippen molar-refractivity contribution < 1.29 is 28.6 Å². The van der Waals surface area contributed by atoms with E-state index in [1.807, 2.05) is 24.3 Å². The Kier molecular flexibility index (Phi) is 8.93. The molecule has 3 rings (SSSR count). The maximum Gasteiger partial charge on any atom is 0.412 e. The smallest absolute Gasteiger partial charge is 0.412 e. The molecule has 2 aromatic carbocycles. The maximum absolute atomic E-state index is 13.7. The van der Waals surface area contributed by atoms with Crippen molar-refractivity contribution in [2.24, 2.45) is 0 Å². The Labute approximate surface area is 205 Å². The lowest BCUT2D eigenvalue weighted by Crippen LogP contribution is -2.50. The van der Waals surface area contributed by atoms with Gasteiger partial charge in [-0.25, -0.2) is 19.6 Å². The lowest BCUT2D eigenvalue weighted by atomic mass is 10.1. The van der Waals surface area contributed by atoms with E-state index < -0.39 is 29.8 Å². The van der Waals surface area contributed by atoms with Gasteiger partial charge in [0.1, 0.15) is 18.2 Å². The van der Waals surface area contributed by atoms with Gasteiger partial charge in [0.15, 0.2) is 0 Å². The van der Waals surface area contributed by atoms with Crippen LogP contribution in [0.5, 0.6) is 0 Å². The van der Waals surface area contributed by atoms with E-state index in [9.17, 15) is 18.8 Å². The van der Waals surface area contributed by atoms with E-state index in [4.69, 9.17) is 21.4 Å². The normalized spacial score (nSPS) is 11.6. The first-order chi connectivity index (χ1) is 16.7. The van der Waals surface area contributed by atoms with Crippen molar-refractivity contribution in [2.75, 3.05) is 11.9 Å². The number of hydrogen-bond donors (Lipinski definition) is 3. The number of ether oxygens (including phenoxy) is 1. The van der Waals surface area contributed by atoms with Crippen LogP contribution < -0.4 is 10.7 Å². The average molecular weight is 503 g/mol. The van der Waals surface area contributed by atoms with Crippen molar-refractivity contribution in [1.29, 1.82) is 0 Å². The number of nitrogens with one attached hydrogen (secondary N) is 2. The van der Waals surface area contributed by atoms with Crippen molar-refractivity contribution >= 4 is 46.2 Å². The number of aliphatic carboxylic acids is 1. The Balaban J connectivity index is 1.66. The number of anilines is 1. The highest BCUT2D eigenvalue weighted by Crippen LogP contribution is 2.20. The fourth-order valence-corrected chi connectivity index (χ4v) is 3.59. The SMILES string of the molecule is CC(=O)N(NCc1cccc(F)c1Cl)[C@@H](CCC(=O)O)COC(=O)Nc1cc2ccccc2cn1. The Morgan fingerprint density at radius 3 is 2.63 bits per heavy atom. The van der Waals surface area contributed by atoms with E-state index in [1.165, 1.54) is 19.1 Å². The maximum atomic E-state index is 13.7. The molecule has 3 aromatic rings. The largest absolute Gasteiger partial charge is 0.481 e. The summed E-state index contributed by atoms with van der Waals surface area (Å²) in [5.74, 6) is -1.85. The van der Waals surface area contributed by atoms with Crippen LogP contribution in [0.1, 0.15) is 25.3 Å². The number of aromatic nitrogens is 1. The summed E-state index contributed by atoms with van der Waals surface area (Å²) in [6, 6.07) is 12.6. The van der Waals surface area contributed by atoms with Gasteiger partial charge in [-0.1, -0.05) is 48.0 Å². The Morgan fingerprint density at radius 2 is 1.91 bits per heavy atom. The predicted octanol–water partition coefficient (Wildman–Crippen LogP) is 4.36. The number of carbonyl (C=O) groups excluding carboxylic acids is 2. The molecule has 0 saturated carbocycles. The number of carbonyl (C=O) groups is 3. The van der Waals surface area contributed by atoms with E-state index in [0.717, 1.165) is 15.8 Å². The van der Waals surface area contributed by atoms with Crippen LogP contribution in [0.2, 0.25) is 5.02 Å². The van der Waals surface area contributed by atoms with Crippen molar-refractivity contribution in [3.8, 4) is 0 Å². The van der Waals surface area contributed by atoms with Gasteiger partial charge in [-0.3, -0.25) is 19.9 Å². The minimum atomic E-state index is -1.07. The molecular weight excluding hydrogens is 479 g/mol. The first kappa shape index (κ1) is 25.9. The number of halogens is 2. The van der Waals surface area contributed by atoms with Crippen LogP contribution in [-0.2, 0) is 20.9 Å². The van der Waals surface area contributed by atoms with Gasteiger partial charge in [0.25, 0.3) is 0 Å². The molecule has 184 valence electrons. The molecule has 1 aromatic heterocycles. The third-order valence-corrected chi connectivity index (χ3v) is 5.56. The number of hydrazine groups is 1. The standard InChI is InChI=1S/C24H24ClFN4O5/c1-15(31)30(28-13-18-7-4-8-20(26)23(18)25)19(9-10-22(32)33)14-35-24(34)29-21-11-16-5-2-3-6-17(16)12-27-21/h2-8,11-12,19,28H,9-10,13-14H2,1H3,(H,32,33)(H,27,29,34)/t19-/m0/s1. The van der Waals surface area contributed by atoms with Gasteiger partial charge in [-0.15, -0.1) is 0 Å². The minimum absolute atomic E-state index is 0.000298. The number of pyridine rings is 1. The second-order valence-electron chi connectivity index (χ2n) is 7.66. The highest BCUT2D eigenvalue weighted by Gasteiger charge is 2.24. The number of amides is 2. The van der Waals surface area contributed by atoms with E-state index in [2.05, 4.69) is 15.7 Å². The number of hydrogen-bond acceptors (Lipinski definition) is 6. The highest BCUT2D eigenvalue weighted by atomic mass is 35.5. The molecule has 0 fully saturated rings. The Morgan fingerprint density at radius 1 is 1.17 bits per heavy atom. The lowest BCUT2D eigenvalue weighted by Gasteiger charge is -2.31. The molecule has 0 bridgehead atoms. The number of nitrogens with zero attached hydrogens (tertiary/aromatic N) is 2. The summed E-state index contributed by atoms with van der Waals surface area (Å²) in [5, 5.41) is 14.5. The van der Waals surface area contributed by atoms with Gasteiger partial charge in [-0.05, 0) is 29.5 Å². The van der Waals surface area contributed by atoms with Crippen LogP contribution in [0, 0.1) is 5.82 Å². The fraction of sp³-hybridized carbons (Fsp3) is 0.250. The molecule has 11 heteroatoms. The van der Waals surface area contributed by atoms with Crippen molar-refractivity contribution in [3.05, 3.63) is 71.1 Å². The second kappa shape index (κ2) is 12.1. The molecule has 9 nitrogen and oxygen atoms in total. The summed E-state index contributed by atoms with van der Waals surface area (Å²) in [6.45, 7) is 0.968. The first-order valence-corrected chi connectivity index (χ1v) is 11.1. The van der Waals surface area contributed by atoms with Gasteiger partial charge < -0.3 is 9.84 Å². The quantitative estimate of drug-likeness (QED) is 0.352. The van der Waals surface area contributed by atoms with Crippen LogP contribution in [0.4, 0.5) is 15.0 Å². The van der Waals surface area contributed by atoms with Crippen molar-refractivity contribution in [3.63, 3.8) is 0 Å². The third-order valence-electron chi connectivity index (χ3n) is 5.14. The second-order valence-corrected chi connectivity index (χ2v) is 8.04. The summed E-state index contributed by atoms with van der Waals surface area (Å²) in [6.07, 6.45) is 0.526. The van der Waals surface area contributed by atoms with E-state index in [0.29, 0.717) is 5.56 Å². The Hall–Kier alpha value is -3.76. The molecule has 1 atom stereocenters. The zero-order chi connectivity index (χ0) is 25.4. The molecule has 0 unspecified atom stereocenters. The number of benzene rings is 2. The summed E-state index contributed by atoms with van der Waals surface area (Å²) in [4.78, 5) is 40.0. The molecule has 0 radical (unpaired) electrons. The number of carboxylic acid groups (broad SMARTS) is 1. The molecule has 0 aliphatic rings. The monoisotopic (exact) mass is 502 g/mol. The Bertz CT molecular complexity index is 1230. The van der Waals surface area contributed by atoms with Gasteiger partial charge in [0.2, 0.25) is 5.91 Å². The molecule has 1 heterocycles. The molecule has 2 amide bonds. The first-order valence-electron chi connectivity index (χ1n) is 10.7. The lowest BCUT2D eigenvalue weighted by molar-refractivity contribution is -0.141. The van der Waals surface area contributed by atoms with Crippen molar-refractivity contribution in [2.45, 2.75) is 32.4 Å². The number of fused-ring (bicyclic) bond motifs is 1. The third kappa shape index (κ3) is 7.36. The average Bonchev–Trinajstić information content (AvgIpc) is 2.82. The van der Waals surface area contributed by atoms with Crippen LogP contribution in [0.15, 0.2) is 54.7 Å². The van der Waals surface area contributed by atoms with E-state index in [-0.39, 0.29) is 36.8 Å². The number of carboxylic acids is 1. The van der Waals surface area contributed by atoms with Crippen LogP contribution in [0.25, 0.3) is 10.8 Å². The summed E-state index contributed by atoms with van der Waals surface area (Å²) < 4.78 is 19.0. The molecule has 3 N–H and O–H groups in total. The summed E-state index contributed by atoms with van der Waals surface area (Å²) in [7, 11) is 0. The van der Waals surface area contributed by atoms with Crippen molar-refractivity contribution in [1.82, 2.24) is 15.4 Å². The number of rotatable bonds is 10. The van der Waals surface area contributed by atoms with Crippen LogP contribution in [0.3, 0.4) is 0 Å². The van der Waals surface area contributed by atoms with Gasteiger partial charge in [0, 0.05) is 31.5 Å². The van der Waals surface area contributed by atoms with Gasteiger partial charge in [0.05, 0.1) is 11.1 Å². The molecule has 35 heavy (non-hydrogen) atoms. The molecule has 0 aliphatic heterocycles. The summed E-state index contributed by atoms with van der Waals surface area (Å²) in [5.41, 5.74) is 3.24.